The van der Waals surface area contributed by atoms with Gasteiger partial charge in [-0.15, -0.1) is 0 Å². The van der Waals surface area contributed by atoms with Crippen LogP contribution in [0.4, 0.5) is 0 Å². The Hall–Kier alpha value is -1.24. The summed E-state index contributed by atoms with van der Waals surface area (Å²) in [6.07, 6.45) is 2.24. The maximum absolute atomic E-state index is 13.9. The molecule has 0 spiro atoms. The summed E-state index contributed by atoms with van der Waals surface area (Å²) in [5.41, 5.74) is 0.829. The zero-order valence-corrected chi connectivity index (χ0v) is 27.7. The maximum Gasteiger partial charge on any atom is 0.179 e. The minimum absolute atomic E-state index is 0. The summed E-state index contributed by atoms with van der Waals surface area (Å²) in [5.74, 6) is -0.0296. The fourth-order valence-corrected chi connectivity index (χ4v) is 7.62. The number of ether oxygens (including phenoxy) is 3. The van der Waals surface area contributed by atoms with Gasteiger partial charge in [-0.25, -0.2) is 8.42 Å². The molecule has 2 aromatic carbocycles. The molecule has 1 aliphatic heterocycles. The first-order chi connectivity index (χ1) is 18.5. The van der Waals surface area contributed by atoms with Crippen LogP contribution < -0.4 is 28.7 Å². The van der Waals surface area contributed by atoms with Crippen LogP contribution in [0.25, 0.3) is 0 Å². The van der Waals surface area contributed by atoms with Crippen molar-refractivity contribution >= 4 is 9.84 Å². The van der Waals surface area contributed by atoms with Crippen molar-refractivity contribution in [1.82, 2.24) is 0 Å². The Kier molecular flexibility index (Phi) is 13.8. The number of halogens is 1. The molecule has 40 heavy (non-hydrogen) atoms. The van der Waals surface area contributed by atoms with Gasteiger partial charge in [0.15, 0.2) is 9.84 Å². The van der Waals surface area contributed by atoms with E-state index in [9.17, 15) is 13.5 Å². The van der Waals surface area contributed by atoms with Crippen molar-refractivity contribution in [2.24, 2.45) is 5.41 Å². The van der Waals surface area contributed by atoms with Crippen molar-refractivity contribution in [3.8, 4) is 5.75 Å². The van der Waals surface area contributed by atoms with Gasteiger partial charge >= 0.3 is 0 Å². The molecule has 0 saturated carbocycles. The number of hydrogen-bond donors (Lipinski definition) is 1. The van der Waals surface area contributed by atoms with Crippen LogP contribution >= 0.6 is 0 Å². The smallest absolute Gasteiger partial charge is 0.179 e. The Morgan fingerprint density at radius 3 is 2.23 bits per heavy atom. The molecule has 3 atom stereocenters. The molecule has 0 bridgehead atoms. The zero-order chi connectivity index (χ0) is 28.5. The highest BCUT2D eigenvalue weighted by atomic mass is 127. The van der Waals surface area contributed by atoms with Gasteiger partial charge in [-0.2, -0.15) is 0 Å². The first-order valence-corrected chi connectivity index (χ1v) is 15.9. The highest BCUT2D eigenvalue weighted by Gasteiger charge is 2.48. The van der Waals surface area contributed by atoms with Gasteiger partial charge in [-0.05, 0) is 36.1 Å². The van der Waals surface area contributed by atoms with E-state index in [2.05, 4.69) is 28.1 Å². The maximum atomic E-state index is 13.9. The SMILES string of the molecule is CCCC[C@]1(CC)CS(=O)(=O)c2cc(OCCOCCOCC[N+](C)(C)C)ccc2[C@@H](c2ccccc2)[C@H]1O.[I-]. The zero-order valence-electron chi connectivity index (χ0n) is 24.8. The van der Waals surface area contributed by atoms with E-state index < -0.39 is 27.3 Å². The fraction of sp³-hybridized carbons (Fsp3) is 0.613. The number of hydrogen-bond acceptors (Lipinski definition) is 6. The summed E-state index contributed by atoms with van der Waals surface area (Å²) < 4.78 is 45.7. The minimum Gasteiger partial charge on any atom is -1.00 e. The van der Waals surface area contributed by atoms with Gasteiger partial charge in [0.1, 0.15) is 18.9 Å². The van der Waals surface area contributed by atoms with Crippen LogP contribution in [0.3, 0.4) is 0 Å². The topological polar surface area (TPSA) is 82.1 Å². The van der Waals surface area contributed by atoms with Crippen LogP contribution in [-0.4, -0.2) is 90.6 Å². The van der Waals surface area contributed by atoms with E-state index in [1.807, 2.05) is 43.3 Å². The van der Waals surface area contributed by atoms with Crippen LogP contribution in [0.1, 0.15) is 56.6 Å². The van der Waals surface area contributed by atoms with Crippen molar-refractivity contribution in [2.45, 2.75) is 56.4 Å². The molecular weight excluding hydrogens is 641 g/mol. The molecule has 0 radical (unpaired) electrons. The van der Waals surface area contributed by atoms with E-state index in [1.54, 1.807) is 12.1 Å². The number of nitrogens with zero attached hydrogens (tertiary/aromatic N) is 1. The van der Waals surface area contributed by atoms with Crippen molar-refractivity contribution in [2.75, 3.05) is 66.5 Å². The van der Waals surface area contributed by atoms with Crippen LogP contribution in [-0.2, 0) is 19.3 Å². The summed E-state index contributed by atoms with van der Waals surface area (Å²) >= 11 is 0. The van der Waals surface area contributed by atoms with Gasteiger partial charge < -0.3 is 47.8 Å². The number of aliphatic hydroxyl groups is 1. The van der Waals surface area contributed by atoms with E-state index >= 15 is 0 Å². The van der Waals surface area contributed by atoms with Crippen molar-refractivity contribution in [3.05, 3.63) is 59.7 Å². The van der Waals surface area contributed by atoms with Crippen molar-refractivity contribution in [1.29, 1.82) is 0 Å². The molecule has 1 N–H and O–H groups in total. The largest absolute Gasteiger partial charge is 1.00 e. The third-order valence-electron chi connectivity index (χ3n) is 7.74. The lowest BCUT2D eigenvalue weighted by Gasteiger charge is -2.39. The summed E-state index contributed by atoms with van der Waals surface area (Å²) in [4.78, 5) is 0.256. The van der Waals surface area contributed by atoms with Gasteiger partial charge in [-0.3, -0.25) is 0 Å². The number of benzene rings is 2. The van der Waals surface area contributed by atoms with Crippen molar-refractivity contribution < 1.29 is 56.2 Å². The molecule has 0 aliphatic carbocycles. The Morgan fingerprint density at radius 1 is 0.950 bits per heavy atom. The molecule has 2 aromatic rings. The van der Waals surface area contributed by atoms with Crippen LogP contribution in [0.15, 0.2) is 53.4 Å². The Morgan fingerprint density at radius 2 is 1.60 bits per heavy atom. The fourth-order valence-electron chi connectivity index (χ4n) is 5.33. The van der Waals surface area contributed by atoms with Crippen LogP contribution in [0, 0.1) is 5.41 Å². The van der Waals surface area contributed by atoms with E-state index in [0.717, 1.165) is 29.4 Å². The molecular formula is C31H48INO6S. The standard InChI is InChI=1S/C31H48NO6S.HI/c1-6-8-16-31(7-2)24-39(34,35)28-23-26(38-22-21-37-20-19-36-18-17-32(3,4)5)14-15-27(28)29(30(31)33)25-12-10-9-11-13-25;/h9-15,23,29-30,33H,6-8,16-22,24H2,1-5H3;1H/q+1;/p-1/t29-,30-,31-;/m1./s1. The lowest BCUT2D eigenvalue weighted by molar-refractivity contribution is -0.870. The number of rotatable bonds is 15. The number of sulfone groups is 1. The molecule has 226 valence electrons. The lowest BCUT2D eigenvalue weighted by Crippen LogP contribution is -3.00. The van der Waals surface area contributed by atoms with Crippen molar-refractivity contribution in [3.63, 3.8) is 0 Å². The number of likely N-dealkylation sites (N-methyl/N-ethyl adjacent to an activating group) is 1. The van der Waals surface area contributed by atoms with E-state index in [-0.39, 0.29) is 34.6 Å². The third-order valence-corrected chi connectivity index (χ3v) is 9.72. The van der Waals surface area contributed by atoms with Gasteiger partial charge in [0.05, 0.1) is 64.3 Å². The van der Waals surface area contributed by atoms with Crippen LogP contribution in [0.2, 0.25) is 0 Å². The van der Waals surface area contributed by atoms with E-state index in [4.69, 9.17) is 14.2 Å². The molecule has 7 nitrogen and oxygen atoms in total. The molecule has 0 aromatic heterocycles. The van der Waals surface area contributed by atoms with Gasteiger partial charge in [0.2, 0.25) is 0 Å². The molecule has 9 heteroatoms. The third kappa shape index (κ3) is 9.39. The summed E-state index contributed by atoms with van der Waals surface area (Å²) in [7, 11) is 2.71. The predicted octanol–water partition coefficient (Wildman–Crippen LogP) is 1.68. The average molecular weight is 690 g/mol. The Bertz CT molecular complexity index is 1140. The Labute approximate surface area is 258 Å². The lowest BCUT2D eigenvalue weighted by atomic mass is 9.69. The molecule has 0 unspecified atom stereocenters. The first kappa shape index (κ1) is 35.0. The van der Waals surface area contributed by atoms with Gasteiger partial charge in [0.25, 0.3) is 0 Å². The monoisotopic (exact) mass is 689 g/mol. The second-order valence-corrected chi connectivity index (χ2v) is 13.7. The highest BCUT2D eigenvalue weighted by Crippen LogP contribution is 2.49. The molecule has 3 rings (SSSR count). The molecule has 0 saturated heterocycles. The van der Waals surface area contributed by atoms with E-state index in [0.29, 0.717) is 57.2 Å². The molecule has 0 amide bonds. The Balaban J connectivity index is 0.00000560. The molecule has 1 aliphatic rings. The average Bonchev–Trinajstić information content (AvgIpc) is 2.97. The number of fused-ring (bicyclic) bond motifs is 1. The normalized spacial score (nSPS) is 22.1. The van der Waals surface area contributed by atoms with E-state index in [1.165, 1.54) is 0 Å². The first-order valence-electron chi connectivity index (χ1n) is 14.2. The van der Waals surface area contributed by atoms with Gasteiger partial charge in [0, 0.05) is 11.3 Å². The van der Waals surface area contributed by atoms with Gasteiger partial charge in [-0.1, -0.05) is 63.1 Å². The number of unbranched alkanes of at least 4 members (excludes halogenated alkanes) is 1. The number of quaternary nitrogens is 1. The van der Waals surface area contributed by atoms with Crippen LogP contribution in [0.5, 0.6) is 5.75 Å². The minimum atomic E-state index is -3.67. The predicted molar refractivity (Wildman–Crippen MR) is 155 cm³/mol. The second-order valence-electron chi connectivity index (χ2n) is 11.7. The quantitative estimate of drug-likeness (QED) is 0.174. The molecule has 1 heterocycles. The molecule has 0 fully saturated rings. The highest BCUT2D eigenvalue weighted by molar-refractivity contribution is 7.91. The summed E-state index contributed by atoms with van der Waals surface area (Å²) in [5, 5.41) is 11.9. The summed E-state index contributed by atoms with van der Waals surface area (Å²) in [6, 6.07) is 15.0. The second kappa shape index (κ2) is 15.8. The summed E-state index contributed by atoms with van der Waals surface area (Å²) in [6.45, 7) is 7.40. The number of aliphatic hydroxyl groups excluding tert-OH is 1.